The Kier molecular flexibility index (Phi) is 5.03. The molecule has 1 amide bonds. The number of anilines is 2. The van der Waals surface area contributed by atoms with Crippen molar-refractivity contribution in [3.8, 4) is 11.3 Å². The molecule has 8 nitrogen and oxygen atoms in total. The molecule has 0 bridgehead atoms. The van der Waals surface area contributed by atoms with Gasteiger partial charge in [-0.25, -0.2) is 15.0 Å². The first-order valence-corrected chi connectivity index (χ1v) is 11.6. The van der Waals surface area contributed by atoms with E-state index in [1.807, 2.05) is 30.3 Å². The lowest BCUT2D eigenvalue weighted by Gasteiger charge is -2.54. The minimum atomic E-state index is -0.198. The maximum Gasteiger partial charge on any atom is 0.257 e. The number of piperidine rings is 1. The van der Waals surface area contributed by atoms with Crippen molar-refractivity contribution in [2.75, 3.05) is 43.4 Å². The lowest BCUT2D eigenvalue weighted by Crippen LogP contribution is -2.60. The Labute approximate surface area is 197 Å². The number of hydrogen-bond donors (Lipinski definition) is 1. The van der Waals surface area contributed by atoms with Gasteiger partial charge in [-0.05, 0) is 62.6 Å². The Hall–Kier alpha value is -3.78. The summed E-state index contributed by atoms with van der Waals surface area (Å²) in [6.07, 6.45) is 9.01. The van der Waals surface area contributed by atoms with Gasteiger partial charge in [0.2, 0.25) is 0 Å². The third-order valence-corrected chi connectivity index (χ3v) is 7.11. The molecule has 2 saturated heterocycles. The van der Waals surface area contributed by atoms with Crippen molar-refractivity contribution in [1.29, 1.82) is 0 Å². The van der Waals surface area contributed by atoms with Gasteiger partial charge in [0.25, 0.3) is 5.91 Å². The van der Waals surface area contributed by atoms with Gasteiger partial charge >= 0.3 is 0 Å². The molecule has 4 aromatic rings. The normalized spacial score (nSPS) is 17.6. The molecule has 2 aliphatic rings. The van der Waals surface area contributed by atoms with Crippen LogP contribution < -0.4 is 10.2 Å². The van der Waals surface area contributed by atoms with Gasteiger partial charge < -0.3 is 19.5 Å². The van der Waals surface area contributed by atoms with Crippen LogP contribution in [0.15, 0.2) is 65.8 Å². The average molecular weight is 455 g/mol. The number of hydrogen-bond acceptors (Lipinski definition) is 7. The largest absolute Gasteiger partial charge is 0.444 e. The second kappa shape index (κ2) is 8.22. The first kappa shape index (κ1) is 20.8. The van der Waals surface area contributed by atoms with E-state index in [2.05, 4.69) is 37.1 Å². The van der Waals surface area contributed by atoms with E-state index in [9.17, 15) is 4.79 Å². The van der Waals surface area contributed by atoms with Gasteiger partial charge in [-0.1, -0.05) is 12.1 Å². The van der Waals surface area contributed by atoms with E-state index < -0.39 is 0 Å². The zero-order chi connectivity index (χ0) is 23.1. The molecule has 0 saturated carbocycles. The summed E-state index contributed by atoms with van der Waals surface area (Å²) in [6.45, 7) is 4.34. The molecule has 0 unspecified atom stereocenters. The summed E-state index contributed by atoms with van der Waals surface area (Å²) < 4.78 is 5.40. The molecule has 6 rings (SSSR count). The van der Waals surface area contributed by atoms with Gasteiger partial charge in [0.05, 0.1) is 6.20 Å². The molecule has 0 aliphatic carbocycles. The summed E-state index contributed by atoms with van der Waals surface area (Å²) in [4.78, 5) is 30.6. The maximum atomic E-state index is 13.0. The Morgan fingerprint density at radius 3 is 2.68 bits per heavy atom. The summed E-state index contributed by atoms with van der Waals surface area (Å²) >= 11 is 0. The first-order valence-electron chi connectivity index (χ1n) is 11.6. The van der Waals surface area contributed by atoms with Crippen LogP contribution in [0, 0.1) is 5.41 Å². The van der Waals surface area contributed by atoms with E-state index in [1.54, 1.807) is 24.7 Å². The monoisotopic (exact) mass is 454 g/mol. The van der Waals surface area contributed by atoms with Crippen LogP contribution in [0.3, 0.4) is 0 Å². The lowest BCUT2D eigenvalue weighted by atomic mass is 9.72. The van der Waals surface area contributed by atoms with Crippen LogP contribution in [0.1, 0.15) is 23.2 Å². The number of benzene rings is 1. The van der Waals surface area contributed by atoms with Gasteiger partial charge in [-0.3, -0.25) is 4.79 Å². The van der Waals surface area contributed by atoms with Crippen LogP contribution in [-0.2, 0) is 0 Å². The number of likely N-dealkylation sites (tertiary alicyclic amines) is 1. The number of pyridine rings is 2. The van der Waals surface area contributed by atoms with Crippen LogP contribution in [0.4, 0.5) is 11.6 Å². The number of carbonyl (C=O) groups is 1. The molecule has 0 atom stereocenters. The quantitative estimate of drug-likeness (QED) is 0.497. The lowest BCUT2D eigenvalue weighted by molar-refractivity contribution is 0.0900. The molecule has 2 fully saturated rings. The third kappa shape index (κ3) is 3.90. The fourth-order valence-corrected chi connectivity index (χ4v) is 4.98. The minimum Gasteiger partial charge on any atom is -0.444 e. The SMILES string of the molecule is CN1CCC2(CC1)CN(c1cc(C(=O)Nc3cc4cc(-c5cnco5)ccc4cn3)ccn1)C2. The molecule has 34 heavy (non-hydrogen) atoms. The van der Waals surface area contributed by atoms with Crippen LogP contribution >= 0.6 is 0 Å². The van der Waals surface area contributed by atoms with Crippen molar-refractivity contribution in [2.45, 2.75) is 12.8 Å². The second-order valence-electron chi connectivity index (χ2n) is 9.51. The second-order valence-corrected chi connectivity index (χ2v) is 9.51. The van der Waals surface area contributed by atoms with Crippen molar-refractivity contribution in [2.24, 2.45) is 5.41 Å². The van der Waals surface area contributed by atoms with E-state index in [0.29, 0.717) is 22.6 Å². The highest BCUT2D eigenvalue weighted by atomic mass is 16.3. The molecule has 3 aromatic heterocycles. The molecular formula is C26H26N6O2. The van der Waals surface area contributed by atoms with E-state index in [-0.39, 0.29) is 5.91 Å². The van der Waals surface area contributed by atoms with Crippen molar-refractivity contribution in [3.63, 3.8) is 0 Å². The molecule has 1 spiro atoms. The fraction of sp³-hybridized carbons (Fsp3) is 0.308. The Morgan fingerprint density at radius 1 is 1.03 bits per heavy atom. The Bertz CT molecular complexity index is 1340. The highest BCUT2D eigenvalue weighted by molar-refractivity contribution is 6.05. The fourth-order valence-electron chi connectivity index (χ4n) is 4.98. The standard InChI is InChI=1S/C26H26N6O2/c1-31-8-5-26(6-9-31)15-32(16-26)24-12-19(4-7-28-24)25(33)30-23-11-21-10-18(22-14-27-17-34-22)2-3-20(21)13-29-23/h2-4,7,10-14,17H,5-6,8-9,15-16H2,1H3,(H,29,30,33). The van der Waals surface area contributed by atoms with Gasteiger partial charge in [0.15, 0.2) is 12.2 Å². The van der Waals surface area contributed by atoms with E-state index in [0.717, 1.165) is 48.3 Å². The zero-order valence-corrected chi connectivity index (χ0v) is 19.1. The summed E-state index contributed by atoms with van der Waals surface area (Å²) in [5.74, 6) is 1.86. The molecule has 0 radical (unpaired) electrons. The number of amides is 1. The molecule has 1 aromatic carbocycles. The smallest absolute Gasteiger partial charge is 0.257 e. The molecule has 2 aliphatic heterocycles. The van der Waals surface area contributed by atoms with Crippen LogP contribution in [0.2, 0.25) is 0 Å². The van der Waals surface area contributed by atoms with Gasteiger partial charge in [0, 0.05) is 47.4 Å². The third-order valence-electron chi connectivity index (χ3n) is 7.11. The number of rotatable bonds is 4. The predicted molar refractivity (Wildman–Crippen MR) is 131 cm³/mol. The minimum absolute atomic E-state index is 0.198. The number of nitrogens with one attached hydrogen (secondary N) is 1. The van der Waals surface area contributed by atoms with E-state index in [4.69, 9.17) is 4.42 Å². The number of nitrogens with zero attached hydrogens (tertiary/aromatic N) is 5. The highest BCUT2D eigenvalue weighted by Crippen LogP contribution is 2.41. The summed E-state index contributed by atoms with van der Waals surface area (Å²) in [7, 11) is 2.19. The van der Waals surface area contributed by atoms with Crippen molar-refractivity contribution >= 4 is 28.3 Å². The van der Waals surface area contributed by atoms with Crippen LogP contribution in [-0.4, -0.2) is 59.0 Å². The van der Waals surface area contributed by atoms with Gasteiger partial charge in [-0.2, -0.15) is 0 Å². The summed E-state index contributed by atoms with van der Waals surface area (Å²) in [6, 6.07) is 11.4. The predicted octanol–water partition coefficient (Wildman–Crippen LogP) is 4.07. The van der Waals surface area contributed by atoms with Crippen LogP contribution in [0.25, 0.3) is 22.1 Å². The Morgan fingerprint density at radius 2 is 1.88 bits per heavy atom. The average Bonchev–Trinajstić information content (AvgIpc) is 3.38. The molecular weight excluding hydrogens is 428 g/mol. The molecule has 172 valence electrons. The zero-order valence-electron chi connectivity index (χ0n) is 19.1. The number of carbonyl (C=O) groups excluding carboxylic acids is 1. The molecule has 5 heterocycles. The maximum absolute atomic E-state index is 13.0. The van der Waals surface area contributed by atoms with Crippen molar-refractivity contribution in [1.82, 2.24) is 19.9 Å². The van der Waals surface area contributed by atoms with E-state index in [1.165, 1.54) is 19.2 Å². The topological polar surface area (TPSA) is 87.4 Å². The van der Waals surface area contributed by atoms with Crippen LogP contribution in [0.5, 0.6) is 0 Å². The van der Waals surface area contributed by atoms with Crippen molar-refractivity contribution < 1.29 is 9.21 Å². The number of oxazole rings is 1. The molecule has 8 heteroatoms. The first-order chi connectivity index (χ1) is 16.6. The highest BCUT2D eigenvalue weighted by Gasteiger charge is 2.44. The number of fused-ring (bicyclic) bond motifs is 1. The summed E-state index contributed by atoms with van der Waals surface area (Å²) in [5, 5.41) is 4.87. The van der Waals surface area contributed by atoms with Crippen molar-refractivity contribution in [3.05, 3.63) is 66.9 Å². The van der Waals surface area contributed by atoms with E-state index >= 15 is 0 Å². The summed E-state index contributed by atoms with van der Waals surface area (Å²) in [5.41, 5.74) is 1.90. The van der Waals surface area contributed by atoms with Gasteiger partial charge in [0.1, 0.15) is 11.6 Å². The number of aromatic nitrogens is 3. The van der Waals surface area contributed by atoms with Gasteiger partial charge in [-0.15, -0.1) is 0 Å². The molecule has 1 N–H and O–H groups in total. The Balaban J connectivity index is 1.16.